The molecule has 3 rings (SSSR count). The zero-order valence-corrected chi connectivity index (χ0v) is 17.2. The fourth-order valence-corrected chi connectivity index (χ4v) is 3.46. The summed E-state index contributed by atoms with van der Waals surface area (Å²) in [5, 5.41) is 18.9. The molecule has 1 amide bonds. The smallest absolute Gasteiger partial charge is 0.283 e. The lowest BCUT2D eigenvalue weighted by atomic mass is 10.2. The predicted octanol–water partition coefficient (Wildman–Crippen LogP) is 4.96. The molecule has 0 aliphatic rings. The molecule has 0 saturated carbocycles. The van der Waals surface area contributed by atoms with Crippen LogP contribution in [0, 0.1) is 10.1 Å². The molecule has 3 aromatic rings. The minimum Gasteiger partial charge on any atom is -0.376 e. The maximum atomic E-state index is 11.9. The largest absolute Gasteiger partial charge is 0.376 e. The highest BCUT2D eigenvalue weighted by Crippen LogP contribution is 2.35. The van der Waals surface area contributed by atoms with Gasteiger partial charge >= 0.3 is 0 Å². The van der Waals surface area contributed by atoms with E-state index in [1.807, 2.05) is 30.3 Å². The number of carbonyl (C=O) groups is 1. The van der Waals surface area contributed by atoms with Crippen LogP contribution in [-0.2, 0) is 4.79 Å². The molecule has 3 aromatic carbocycles. The summed E-state index contributed by atoms with van der Waals surface area (Å²) in [7, 11) is 0. The van der Waals surface area contributed by atoms with E-state index >= 15 is 0 Å². The lowest BCUT2D eigenvalue weighted by Gasteiger charge is -2.05. The van der Waals surface area contributed by atoms with Crippen LogP contribution >= 0.6 is 23.4 Å². The van der Waals surface area contributed by atoms with Crippen molar-refractivity contribution in [2.75, 3.05) is 11.9 Å². The fourth-order valence-electron chi connectivity index (χ4n) is 2.43. The van der Waals surface area contributed by atoms with E-state index in [0.29, 0.717) is 15.5 Å². The number of nitrogens with one attached hydrogen (secondary N) is 2. The number of hydrogen-bond donors (Lipinski definition) is 2. The molecule has 0 unspecified atom stereocenters. The lowest BCUT2D eigenvalue weighted by molar-refractivity contribution is -0.387. The van der Waals surface area contributed by atoms with E-state index in [2.05, 4.69) is 15.8 Å². The number of carbonyl (C=O) groups excluding carboxylic acids is 1. The Hall–Kier alpha value is -3.36. The van der Waals surface area contributed by atoms with Gasteiger partial charge in [-0.25, -0.2) is 5.43 Å². The number of anilines is 1. The van der Waals surface area contributed by atoms with Crippen LogP contribution in [-0.4, -0.2) is 23.6 Å². The average Bonchev–Trinajstić information content (AvgIpc) is 2.75. The third kappa shape index (κ3) is 6.33. The third-order valence-electron chi connectivity index (χ3n) is 3.85. The van der Waals surface area contributed by atoms with Crippen LogP contribution in [0.1, 0.15) is 5.56 Å². The van der Waals surface area contributed by atoms with Crippen LogP contribution in [0.3, 0.4) is 0 Å². The molecule has 0 saturated heterocycles. The summed E-state index contributed by atoms with van der Waals surface area (Å²) in [6.07, 6.45) is 1.37. The number of hydrogen-bond acceptors (Lipinski definition) is 6. The molecule has 0 heterocycles. The number of rotatable bonds is 8. The average molecular weight is 441 g/mol. The quantitative estimate of drug-likeness (QED) is 0.293. The van der Waals surface area contributed by atoms with Crippen molar-refractivity contribution in [1.29, 1.82) is 0 Å². The third-order valence-corrected chi connectivity index (χ3v) is 5.18. The molecule has 0 atom stereocenters. The van der Waals surface area contributed by atoms with E-state index in [9.17, 15) is 14.9 Å². The molecular formula is C21H17ClN4O3S. The van der Waals surface area contributed by atoms with E-state index in [-0.39, 0.29) is 18.1 Å². The van der Waals surface area contributed by atoms with Crippen LogP contribution in [0.25, 0.3) is 0 Å². The number of halogens is 1. The summed E-state index contributed by atoms with van der Waals surface area (Å²) >= 11 is 7.14. The Labute approximate surface area is 182 Å². The standard InChI is InChI=1S/C21H17ClN4O3S/c22-16-7-9-18(10-8-16)30-20-11-6-15(12-19(20)26(28)29)13-24-25-21(27)14-23-17-4-2-1-3-5-17/h1-13,23H,14H2,(H,25,27)/b24-13+. The summed E-state index contributed by atoms with van der Waals surface area (Å²) in [5.74, 6) is -0.334. The molecule has 2 N–H and O–H groups in total. The van der Waals surface area contributed by atoms with Crippen LogP contribution in [0.15, 0.2) is 87.7 Å². The highest BCUT2D eigenvalue weighted by Gasteiger charge is 2.15. The first-order valence-electron chi connectivity index (χ1n) is 8.84. The van der Waals surface area contributed by atoms with Crippen molar-refractivity contribution >= 4 is 46.9 Å². The van der Waals surface area contributed by atoms with Crippen molar-refractivity contribution < 1.29 is 9.72 Å². The Bertz CT molecular complexity index is 1060. The van der Waals surface area contributed by atoms with Gasteiger partial charge in [-0.05, 0) is 42.5 Å². The van der Waals surface area contributed by atoms with Crippen molar-refractivity contribution in [3.05, 3.63) is 93.5 Å². The van der Waals surface area contributed by atoms with Gasteiger partial charge < -0.3 is 5.32 Å². The maximum Gasteiger partial charge on any atom is 0.283 e. The first kappa shape index (κ1) is 21.4. The highest BCUT2D eigenvalue weighted by atomic mass is 35.5. The second-order valence-corrected chi connectivity index (χ2v) is 7.60. The van der Waals surface area contributed by atoms with E-state index in [1.165, 1.54) is 24.0 Å². The number of amides is 1. The Balaban J connectivity index is 1.61. The Morgan fingerprint density at radius 2 is 1.83 bits per heavy atom. The molecular weight excluding hydrogens is 424 g/mol. The van der Waals surface area contributed by atoms with Gasteiger partial charge in [0.25, 0.3) is 11.6 Å². The monoisotopic (exact) mass is 440 g/mol. The van der Waals surface area contributed by atoms with Gasteiger partial charge in [-0.2, -0.15) is 5.10 Å². The van der Waals surface area contributed by atoms with Crippen LogP contribution in [0.4, 0.5) is 11.4 Å². The minimum absolute atomic E-state index is 0.0454. The van der Waals surface area contributed by atoms with Crippen LogP contribution in [0.2, 0.25) is 5.02 Å². The van der Waals surface area contributed by atoms with Crippen molar-refractivity contribution in [3.8, 4) is 0 Å². The van der Waals surface area contributed by atoms with Gasteiger partial charge in [0.15, 0.2) is 0 Å². The first-order valence-corrected chi connectivity index (χ1v) is 10.0. The number of nitrogens with zero attached hydrogens (tertiary/aromatic N) is 2. The number of nitro groups is 1. The van der Waals surface area contributed by atoms with Gasteiger partial charge in [-0.15, -0.1) is 0 Å². The molecule has 0 radical (unpaired) electrons. The summed E-state index contributed by atoms with van der Waals surface area (Å²) in [6, 6.07) is 21.1. The van der Waals surface area contributed by atoms with E-state index in [4.69, 9.17) is 11.6 Å². The Morgan fingerprint density at radius 3 is 2.53 bits per heavy atom. The van der Waals surface area contributed by atoms with Crippen LogP contribution < -0.4 is 10.7 Å². The molecule has 0 aliphatic heterocycles. The van der Waals surface area contributed by atoms with E-state index in [1.54, 1.807) is 36.4 Å². The molecule has 152 valence electrons. The summed E-state index contributed by atoms with van der Waals surface area (Å²) in [5.41, 5.74) is 3.66. The molecule has 0 bridgehead atoms. The molecule has 7 nitrogen and oxygen atoms in total. The number of hydrazone groups is 1. The minimum atomic E-state index is -0.446. The number of nitro benzene ring substituents is 1. The van der Waals surface area contributed by atoms with Crippen LogP contribution in [0.5, 0.6) is 0 Å². The lowest BCUT2D eigenvalue weighted by Crippen LogP contribution is -2.25. The molecule has 0 spiro atoms. The molecule has 0 aliphatic carbocycles. The maximum absolute atomic E-state index is 11.9. The molecule has 0 fully saturated rings. The Morgan fingerprint density at radius 1 is 1.10 bits per heavy atom. The van der Waals surface area contributed by atoms with Gasteiger partial charge in [-0.1, -0.05) is 47.6 Å². The second kappa shape index (κ2) is 10.4. The highest BCUT2D eigenvalue weighted by molar-refractivity contribution is 7.99. The fraction of sp³-hybridized carbons (Fsp3) is 0.0476. The van der Waals surface area contributed by atoms with Crippen molar-refractivity contribution in [1.82, 2.24) is 5.43 Å². The zero-order valence-electron chi connectivity index (χ0n) is 15.6. The SMILES string of the molecule is O=C(CNc1ccccc1)N/N=C/c1ccc(Sc2ccc(Cl)cc2)c([N+](=O)[O-])c1. The zero-order chi connectivity index (χ0) is 21.3. The predicted molar refractivity (Wildman–Crippen MR) is 119 cm³/mol. The van der Waals surface area contributed by atoms with Gasteiger partial charge in [0, 0.05) is 27.2 Å². The van der Waals surface area contributed by atoms with Gasteiger partial charge in [0.05, 0.1) is 22.6 Å². The molecule has 30 heavy (non-hydrogen) atoms. The first-order chi connectivity index (χ1) is 14.5. The second-order valence-electron chi connectivity index (χ2n) is 6.05. The van der Waals surface area contributed by atoms with Crippen molar-refractivity contribution in [2.24, 2.45) is 5.10 Å². The van der Waals surface area contributed by atoms with Crippen molar-refractivity contribution in [3.63, 3.8) is 0 Å². The van der Waals surface area contributed by atoms with Crippen molar-refractivity contribution in [2.45, 2.75) is 9.79 Å². The van der Waals surface area contributed by atoms with Gasteiger partial charge in [0.1, 0.15) is 0 Å². The topological polar surface area (TPSA) is 96.6 Å². The molecule has 0 aromatic heterocycles. The van der Waals surface area contributed by atoms with E-state index in [0.717, 1.165) is 10.6 Å². The normalized spacial score (nSPS) is 10.7. The van der Waals surface area contributed by atoms with E-state index < -0.39 is 4.92 Å². The van der Waals surface area contributed by atoms with Gasteiger partial charge in [0.2, 0.25) is 0 Å². The summed E-state index contributed by atoms with van der Waals surface area (Å²) < 4.78 is 0. The summed E-state index contributed by atoms with van der Waals surface area (Å²) in [4.78, 5) is 24.2. The Kier molecular flexibility index (Phi) is 7.42. The van der Waals surface area contributed by atoms with Gasteiger partial charge in [-0.3, -0.25) is 14.9 Å². The molecule has 9 heteroatoms. The number of para-hydroxylation sites is 1. The number of benzene rings is 3. The summed E-state index contributed by atoms with van der Waals surface area (Å²) in [6.45, 7) is 0.0537.